The quantitative estimate of drug-likeness (QED) is 0.101. The van der Waals surface area contributed by atoms with E-state index in [4.69, 9.17) is 23.2 Å². The molecule has 0 aliphatic carbocycles. The van der Waals surface area contributed by atoms with Crippen molar-refractivity contribution in [3.8, 4) is 17.1 Å². The molecule has 1 amide bonds. The van der Waals surface area contributed by atoms with E-state index in [1.807, 2.05) is 5.01 Å². The van der Waals surface area contributed by atoms with Gasteiger partial charge in [-0.1, -0.05) is 38.3 Å². The standard InChI is InChI=1S/C26H27Cl2F3N4O3S.C5H9F3O6S2/c1-17-23(25(36)33-34-13-3-2-4-14-34)32-24(21-11-6-18(27)16-22(21)28)35(17)19-7-9-20(10-8-19)39(37,38)15-5-12-26(29,30)31;1-15(9,10)13-14-16(11,12)4-2-3-5(6,7)8/h6-11,16H,2-5,12-15H2,1H3,(H,33,36);2-4H2,1H3. The Balaban J connectivity index is 0.000000429. The van der Waals surface area contributed by atoms with Gasteiger partial charge in [0.1, 0.15) is 5.82 Å². The van der Waals surface area contributed by atoms with Crippen molar-refractivity contribution in [2.24, 2.45) is 0 Å². The van der Waals surface area contributed by atoms with Gasteiger partial charge in [-0.2, -0.15) is 43.2 Å². The predicted molar refractivity (Wildman–Crippen MR) is 190 cm³/mol. The maximum Gasteiger partial charge on any atom is 0.389 e. The van der Waals surface area contributed by atoms with Gasteiger partial charge in [0.05, 0.1) is 33.4 Å². The molecule has 0 bridgehead atoms. The van der Waals surface area contributed by atoms with Gasteiger partial charge in [-0.25, -0.2) is 18.4 Å². The third kappa shape index (κ3) is 15.5. The molecule has 0 unspecified atom stereocenters. The molecule has 3 aromatic rings. The number of amides is 1. The van der Waals surface area contributed by atoms with Crippen molar-refractivity contribution >= 4 is 59.2 Å². The lowest BCUT2D eigenvalue weighted by atomic mass is 10.2. The van der Waals surface area contributed by atoms with Gasteiger partial charge in [0.25, 0.3) is 26.1 Å². The molecule has 4 rings (SSSR count). The molecule has 1 aliphatic heterocycles. The van der Waals surface area contributed by atoms with Gasteiger partial charge in [-0.3, -0.25) is 14.8 Å². The van der Waals surface area contributed by atoms with E-state index < -0.39 is 79.6 Å². The molecular formula is C31H36Cl2F6N4O9S3. The Bertz CT molecular complexity index is 2130. The average molecular weight is 890 g/mol. The first-order valence-electron chi connectivity index (χ1n) is 16.1. The minimum atomic E-state index is -4.48. The fourth-order valence-electron chi connectivity index (χ4n) is 5.05. The zero-order valence-corrected chi connectivity index (χ0v) is 33.0. The highest BCUT2D eigenvalue weighted by Gasteiger charge is 2.30. The number of nitrogens with one attached hydrogen (secondary N) is 1. The maximum absolute atomic E-state index is 13.2. The van der Waals surface area contributed by atoms with Gasteiger partial charge in [-0.05, 0) is 75.1 Å². The summed E-state index contributed by atoms with van der Waals surface area (Å²) in [4.78, 5) is 17.7. The SMILES string of the molecule is CS(=O)(=O)OOS(=O)(=O)CCCC(F)(F)F.Cc1c(C(=O)NN2CCCCC2)nc(-c2ccc(Cl)cc2Cl)n1-c1ccc(S(=O)(=O)CCCC(F)(F)F)cc1. The Kier molecular flexibility index (Phi) is 16.0. The number of nitrogens with zero attached hydrogens (tertiary/aromatic N) is 3. The van der Waals surface area contributed by atoms with Crippen LogP contribution >= 0.6 is 23.2 Å². The number of carbonyl (C=O) groups excluding carboxylic acids is 1. The minimum Gasteiger partial charge on any atom is -0.296 e. The highest BCUT2D eigenvalue weighted by Crippen LogP contribution is 2.34. The third-order valence-corrected chi connectivity index (χ3v) is 11.4. The lowest BCUT2D eigenvalue weighted by Gasteiger charge is -2.26. The molecule has 0 saturated carbocycles. The number of hydrazine groups is 1. The lowest BCUT2D eigenvalue weighted by molar-refractivity contribution is -0.135. The van der Waals surface area contributed by atoms with E-state index in [-0.39, 0.29) is 16.5 Å². The summed E-state index contributed by atoms with van der Waals surface area (Å²) >= 11 is 12.6. The molecule has 13 nitrogen and oxygen atoms in total. The topological polar surface area (TPSA) is 171 Å². The Morgan fingerprint density at radius 1 is 0.836 bits per heavy atom. The second-order valence-electron chi connectivity index (χ2n) is 12.2. The molecule has 1 saturated heterocycles. The van der Waals surface area contributed by atoms with Crippen molar-refractivity contribution < 1.29 is 65.1 Å². The summed E-state index contributed by atoms with van der Waals surface area (Å²) in [6.07, 6.45) is -9.06. The summed E-state index contributed by atoms with van der Waals surface area (Å²) in [5.74, 6) is -1.65. The average Bonchev–Trinajstić information content (AvgIpc) is 3.39. The van der Waals surface area contributed by atoms with E-state index in [0.717, 1.165) is 32.4 Å². The molecule has 0 spiro atoms. The molecule has 308 valence electrons. The van der Waals surface area contributed by atoms with Gasteiger partial charge in [0, 0.05) is 42.2 Å². The van der Waals surface area contributed by atoms with Crippen LogP contribution in [0.2, 0.25) is 10.0 Å². The Morgan fingerprint density at radius 3 is 1.93 bits per heavy atom. The van der Waals surface area contributed by atoms with Crippen LogP contribution in [0.5, 0.6) is 0 Å². The monoisotopic (exact) mass is 888 g/mol. The van der Waals surface area contributed by atoms with Crippen molar-refractivity contribution in [1.82, 2.24) is 20.0 Å². The van der Waals surface area contributed by atoms with E-state index in [0.29, 0.717) is 39.1 Å². The number of sulfone groups is 1. The van der Waals surface area contributed by atoms with Crippen LogP contribution in [0.25, 0.3) is 17.1 Å². The molecule has 1 N–H and O–H groups in total. The lowest BCUT2D eigenvalue weighted by Crippen LogP contribution is -2.45. The number of hydrogen-bond donors (Lipinski definition) is 1. The molecule has 0 radical (unpaired) electrons. The van der Waals surface area contributed by atoms with Gasteiger partial charge in [0.2, 0.25) is 0 Å². The smallest absolute Gasteiger partial charge is 0.296 e. The first kappa shape index (κ1) is 46.4. The number of rotatable bonds is 14. The van der Waals surface area contributed by atoms with E-state index >= 15 is 0 Å². The molecule has 0 atom stereocenters. The number of piperidine rings is 1. The first-order chi connectivity index (χ1) is 25.3. The molecule has 1 aromatic heterocycles. The maximum atomic E-state index is 13.2. The Hall–Kier alpha value is -2.99. The molecule has 1 fully saturated rings. The van der Waals surface area contributed by atoms with Crippen LogP contribution in [0.1, 0.15) is 61.1 Å². The zero-order valence-electron chi connectivity index (χ0n) is 29.1. The minimum absolute atomic E-state index is 0.0969. The summed E-state index contributed by atoms with van der Waals surface area (Å²) in [7, 11) is -12.5. The number of halogens is 8. The number of aromatic nitrogens is 2. The summed E-state index contributed by atoms with van der Waals surface area (Å²) in [5.41, 5.74) is 4.57. The summed E-state index contributed by atoms with van der Waals surface area (Å²) in [5, 5.41) is 2.58. The van der Waals surface area contributed by atoms with E-state index in [2.05, 4.69) is 19.1 Å². The van der Waals surface area contributed by atoms with Crippen molar-refractivity contribution in [3.63, 3.8) is 0 Å². The fraction of sp³-hybridized carbons (Fsp3) is 0.484. The number of benzene rings is 2. The van der Waals surface area contributed by atoms with Crippen LogP contribution in [0.4, 0.5) is 26.3 Å². The van der Waals surface area contributed by atoms with Crippen molar-refractivity contribution in [2.75, 3.05) is 30.9 Å². The number of hydrogen-bond acceptors (Lipinski definition) is 11. The molecule has 55 heavy (non-hydrogen) atoms. The van der Waals surface area contributed by atoms with Crippen molar-refractivity contribution in [1.29, 1.82) is 0 Å². The Labute approximate surface area is 324 Å². The second kappa shape index (κ2) is 19.0. The molecule has 24 heteroatoms. The van der Waals surface area contributed by atoms with Crippen LogP contribution in [-0.2, 0) is 38.7 Å². The van der Waals surface area contributed by atoms with E-state index in [1.54, 1.807) is 29.7 Å². The van der Waals surface area contributed by atoms with Crippen LogP contribution in [0.15, 0.2) is 47.4 Å². The molecule has 2 aromatic carbocycles. The summed E-state index contributed by atoms with van der Waals surface area (Å²) < 4.78 is 148. The molecule has 2 heterocycles. The summed E-state index contributed by atoms with van der Waals surface area (Å²) in [6, 6.07) is 10.6. The third-order valence-electron chi connectivity index (χ3n) is 7.55. The normalized spacial score (nSPS) is 14.7. The second-order valence-corrected chi connectivity index (χ2v) is 18.3. The number of carbonyl (C=O) groups is 1. The Morgan fingerprint density at radius 2 is 1.40 bits per heavy atom. The van der Waals surface area contributed by atoms with Crippen LogP contribution in [0, 0.1) is 6.92 Å². The molecule has 1 aliphatic rings. The van der Waals surface area contributed by atoms with Gasteiger partial charge in [-0.15, -0.1) is 0 Å². The largest absolute Gasteiger partial charge is 0.389 e. The predicted octanol–water partition coefficient (Wildman–Crippen LogP) is 6.97. The van der Waals surface area contributed by atoms with Gasteiger partial charge >= 0.3 is 12.4 Å². The van der Waals surface area contributed by atoms with Crippen molar-refractivity contribution in [2.45, 2.75) is 69.1 Å². The fourth-order valence-corrected chi connectivity index (χ4v) is 8.16. The van der Waals surface area contributed by atoms with E-state index in [1.165, 1.54) is 24.3 Å². The zero-order chi connectivity index (χ0) is 41.4. The first-order valence-corrected chi connectivity index (χ1v) is 21.9. The number of alkyl halides is 6. The van der Waals surface area contributed by atoms with Crippen LogP contribution < -0.4 is 5.43 Å². The van der Waals surface area contributed by atoms with Crippen LogP contribution in [0.3, 0.4) is 0 Å². The highest BCUT2D eigenvalue weighted by atomic mass is 35.5. The molecular weight excluding hydrogens is 853 g/mol. The highest BCUT2D eigenvalue weighted by molar-refractivity contribution is 7.91. The van der Waals surface area contributed by atoms with E-state index in [9.17, 15) is 56.4 Å². The number of imidazole rings is 1. The van der Waals surface area contributed by atoms with Crippen LogP contribution in [-0.4, -0.2) is 88.9 Å². The van der Waals surface area contributed by atoms with Gasteiger partial charge in [0.15, 0.2) is 15.5 Å². The van der Waals surface area contributed by atoms with Gasteiger partial charge < -0.3 is 0 Å². The van der Waals surface area contributed by atoms with Crippen molar-refractivity contribution in [3.05, 3.63) is 63.9 Å². The summed E-state index contributed by atoms with van der Waals surface area (Å²) in [6.45, 7) is 3.19.